The van der Waals surface area contributed by atoms with Crippen molar-refractivity contribution in [3.05, 3.63) is 34.1 Å². The van der Waals surface area contributed by atoms with E-state index in [0.717, 1.165) is 29.4 Å². The Morgan fingerprint density at radius 3 is 2.93 bits per heavy atom. The van der Waals surface area contributed by atoms with Crippen LogP contribution in [0.25, 0.3) is 0 Å². The predicted octanol–water partition coefficient (Wildman–Crippen LogP) is 3.19. The second-order valence-corrected chi connectivity index (χ2v) is 4.90. The van der Waals surface area contributed by atoms with E-state index in [1.54, 1.807) is 6.07 Å². The number of hydrogen-bond donors (Lipinski definition) is 1. The number of benzene rings is 1. The Bertz CT molecular complexity index is 345. The van der Waals surface area contributed by atoms with Crippen LogP contribution >= 0.6 is 15.9 Å². The minimum absolute atomic E-state index is 0.120. The molecular formula is C11H13BrFN. The van der Waals surface area contributed by atoms with Crippen molar-refractivity contribution in [3.8, 4) is 0 Å². The smallest absolute Gasteiger partial charge is 0.128 e. The maximum Gasteiger partial charge on any atom is 0.128 e. The van der Waals surface area contributed by atoms with Gasteiger partial charge in [-0.15, -0.1) is 0 Å². The van der Waals surface area contributed by atoms with Crippen molar-refractivity contribution in [1.29, 1.82) is 0 Å². The molecule has 0 amide bonds. The van der Waals surface area contributed by atoms with E-state index in [0.29, 0.717) is 0 Å². The van der Waals surface area contributed by atoms with Gasteiger partial charge in [-0.1, -0.05) is 15.9 Å². The molecule has 1 unspecified atom stereocenters. The van der Waals surface area contributed by atoms with E-state index in [2.05, 4.69) is 28.2 Å². The molecule has 1 aromatic carbocycles. The number of rotatable bonds is 1. The summed E-state index contributed by atoms with van der Waals surface area (Å²) in [5, 5.41) is 3.36. The van der Waals surface area contributed by atoms with Crippen LogP contribution in [0.4, 0.5) is 4.39 Å². The largest absolute Gasteiger partial charge is 0.308 e. The summed E-state index contributed by atoms with van der Waals surface area (Å²) in [6, 6.07) is 5.12. The summed E-state index contributed by atoms with van der Waals surface area (Å²) in [5.74, 6) is -0.120. The summed E-state index contributed by atoms with van der Waals surface area (Å²) in [6.45, 7) is 3.04. The first-order valence-electron chi connectivity index (χ1n) is 4.82. The molecule has 0 saturated carbocycles. The maximum atomic E-state index is 13.6. The molecule has 1 aromatic rings. The molecule has 76 valence electrons. The first kappa shape index (κ1) is 10.1. The van der Waals surface area contributed by atoms with Gasteiger partial charge in [-0.05, 0) is 44.5 Å². The third-order valence-electron chi connectivity index (χ3n) is 2.89. The topological polar surface area (TPSA) is 12.0 Å². The quantitative estimate of drug-likeness (QED) is 0.815. The van der Waals surface area contributed by atoms with Crippen molar-refractivity contribution < 1.29 is 4.39 Å². The molecule has 1 saturated heterocycles. The summed E-state index contributed by atoms with van der Waals surface area (Å²) < 4.78 is 14.5. The Morgan fingerprint density at radius 2 is 2.29 bits per heavy atom. The highest BCUT2D eigenvalue weighted by molar-refractivity contribution is 9.10. The molecule has 3 heteroatoms. The lowest BCUT2D eigenvalue weighted by atomic mass is 9.90. The van der Waals surface area contributed by atoms with E-state index in [-0.39, 0.29) is 11.4 Å². The number of halogens is 2. The third-order valence-corrected chi connectivity index (χ3v) is 3.38. The van der Waals surface area contributed by atoms with Crippen molar-refractivity contribution >= 4 is 15.9 Å². The number of nitrogens with one attached hydrogen (secondary N) is 1. The maximum absolute atomic E-state index is 13.6. The second-order valence-electron chi connectivity index (χ2n) is 3.99. The highest BCUT2D eigenvalue weighted by Crippen LogP contribution is 2.33. The van der Waals surface area contributed by atoms with Crippen molar-refractivity contribution in [2.45, 2.75) is 25.3 Å². The van der Waals surface area contributed by atoms with E-state index < -0.39 is 0 Å². The predicted molar refractivity (Wildman–Crippen MR) is 58.7 cm³/mol. The summed E-state index contributed by atoms with van der Waals surface area (Å²) in [7, 11) is 0. The van der Waals surface area contributed by atoms with Gasteiger partial charge in [-0.3, -0.25) is 0 Å². The van der Waals surface area contributed by atoms with Crippen LogP contribution in [0.15, 0.2) is 22.7 Å². The minimum Gasteiger partial charge on any atom is -0.308 e. The molecule has 1 aliphatic heterocycles. The van der Waals surface area contributed by atoms with Gasteiger partial charge in [0.2, 0.25) is 0 Å². The van der Waals surface area contributed by atoms with Gasteiger partial charge in [0.1, 0.15) is 5.82 Å². The Hall–Kier alpha value is -0.410. The van der Waals surface area contributed by atoms with Gasteiger partial charge in [0, 0.05) is 15.6 Å². The van der Waals surface area contributed by atoms with Crippen molar-refractivity contribution in [2.24, 2.45) is 0 Å². The van der Waals surface area contributed by atoms with Gasteiger partial charge in [0.15, 0.2) is 0 Å². The third kappa shape index (κ3) is 1.71. The molecule has 0 radical (unpaired) electrons. The lowest BCUT2D eigenvalue weighted by Gasteiger charge is -2.25. The first-order chi connectivity index (χ1) is 6.62. The lowest BCUT2D eigenvalue weighted by molar-refractivity contribution is 0.410. The van der Waals surface area contributed by atoms with Gasteiger partial charge < -0.3 is 5.32 Å². The van der Waals surface area contributed by atoms with Gasteiger partial charge in [0.25, 0.3) is 0 Å². The number of hydrogen-bond acceptors (Lipinski definition) is 1. The van der Waals surface area contributed by atoms with Crippen molar-refractivity contribution in [2.75, 3.05) is 6.54 Å². The zero-order chi connectivity index (χ0) is 10.2. The minimum atomic E-state index is -0.187. The van der Waals surface area contributed by atoms with Gasteiger partial charge in [0.05, 0.1) is 0 Å². The van der Waals surface area contributed by atoms with Crippen LogP contribution in [0.2, 0.25) is 0 Å². The van der Waals surface area contributed by atoms with Crippen LogP contribution < -0.4 is 5.32 Å². The molecule has 2 rings (SSSR count). The van der Waals surface area contributed by atoms with Gasteiger partial charge in [-0.25, -0.2) is 4.39 Å². The molecule has 1 N–H and O–H groups in total. The Morgan fingerprint density at radius 1 is 1.50 bits per heavy atom. The zero-order valence-corrected chi connectivity index (χ0v) is 9.70. The van der Waals surface area contributed by atoms with Gasteiger partial charge in [-0.2, -0.15) is 0 Å². The molecule has 1 heterocycles. The summed E-state index contributed by atoms with van der Waals surface area (Å²) >= 11 is 3.37. The fourth-order valence-corrected chi connectivity index (χ4v) is 2.41. The van der Waals surface area contributed by atoms with Crippen molar-refractivity contribution in [3.63, 3.8) is 0 Å². The van der Waals surface area contributed by atoms with E-state index in [9.17, 15) is 4.39 Å². The fraction of sp³-hybridized carbons (Fsp3) is 0.455. The van der Waals surface area contributed by atoms with E-state index in [1.807, 2.05) is 6.07 Å². The Kier molecular flexibility index (Phi) is 2.62. The average Bonchev–Trinajstić information content (AvgIpc) is 2.58. The molecule has 0 spiro atoms. The van der Waals surface area contributed by atoms with Crippen LogP contribution in [0.3, 0.4) is 0 Å². The highest BCUT2D eigenvalue weighted by atomic mass is 79.9. The van der Waals surface area contributed by atoms with E-state index >= 15 is 0 Å². The first-order valence-corrected chi connectivity index (χ1v) is 5.62. The molecule has 0 aliphatic carbocycles. The standard InChI is InChI=1S/C11H13BrFN/c1-11(5-2-6-14-11)9-7-8(12)3-4-10(9)13/h3-4,7,14H,2,5-6H2,1H3. The van der Waals surface area contributed by atoms with E-state index in [1.165, 1.54) is 6.07 Å². The van der Waals surface area contributed by atoms with Gasteiger partial charge >= 0.3 is 0 Å². The summed E-state index contributed by atoms with van der Waals surface area (Å²) in [5.41, 5.74) is 0.581. The monoisotopic (exact) mass is 257 g/mol. The fourth-order valence-electron chi connectivity index (χ4n) is 2.04. The van der Waals surface area contributed by atoms with Crippen LogP contribution in [-0.2, 0) is 5.54 Å². The summed E-state index contributed by atoms with van der Waals surface area (Å²) in [6.07, 6.45) is 2.11. The molecule has 14 heavy (non-hydrogen) atoms. The Balaban J connectivity index is 2.44. The molecule has 1 nitrogen and oxygen atoms in total. The average molecular weight is 258 g/mol. The lowest BCUT2D eigenvalue weighted by Crippen LogP contribution is -2.34. The van der Waals surface area contributed by atoms with Crippen molar-refractivity contribution in [1.82, 2.24) is 5.32 Å². The second kappa shape index (κ2) is 3.63. The normalized spacial score (nSPS) is 26.8. The Labute approximate surface area is 91.8 Å². The molecule has 0 bridgehead atoms. The van der Waals surface area contributed by atoms with Crippen LogP contribution in [0.5, 0.6) is 0 Å². The molecule has 0 aromatic heterocycles. The highest BCUT2D eigenvalue weighted by Gasteiger charge is 2.32. The molecule has 1 atom stereocenters. The SMILES string of the molecule is CC1(c2cc(Br)ccc2F)CCCN1. The van der Waals surface area contributed by atoms with Crippen LogP contribution in [0, 0.1) is 5.82 Å². The molecular weight excluding hydrogens is 245 g/mol. The van der Waals surface area contributed by atoms with Crippen LogP contribution in [0.1, 0.15) is 25.3 Å². The van der Waals surface area contributed by atoms with E-state index in [4.69, 9.17) is 0 Å². The molecule has 1 aliphatic rings. The zero-order valence-electron chi connectivity index (χ0n) is 8.11. The van der Waals surface area contributed by atoms with Crippen LogP contribution in [-0.4, -0.2) is 6.54 Å². The molecule has 1 fully saturated rings. The summed E-state index contributed by atoms with van der Waals surface area (Å²) in [4.78, 5) is 0.